The van der Waals surface area contributed by atoms with Crippen molar-refractivity contribution >= 4 is 29.1 Å². The molecule has 2 amide bonds. The molecule has 1 heterocycles. The lowest BCUT2D eigenvalue weighted by Crippen LogP contribution is -2.62. The van der Waals surface area contributed by atoms with Gasteiger partial charge in [-0.1, -0.05) is 20.8 Å². The largest absolute Gasteiger partial charge is 0.302 e. The summed E-state index contributed by atoms with van der Waals surface area (Å²) in [5.74, 6) is 0.0568. The minimum absolute atomic E-state index is 0.172. The minimum atomic E-state index is -0.929. The summed E-state index contributed by atoms with van der Waals surface area (Å²) in [7, 11) is 1.61. The lowest BCUT2D eigenvalue weighted by atomic mass is 9.76. The van der Waals surface area contributed by atoms with Crippen molar-refractivity contribution in [2.75, 3.05) is 7.05 Å². The third-order valence-electron chi connectivity index (χ3n) is 3.43. The number of hydrogen-bond acceptors (Lipinski definition) is 3. The molecule has 1 N–H and O–H groups in total. The molecule has 0 aliphatic carbocycles. The Labute approximate surface area is 108 Å². The topological polar surface area (TPSA) is 49.4 Å². The zero-order valence-corrected chi connectivity index (χ0v) is 11.7. The molecule has 1 saturated heterocycles. The van der Waals surface area contributed by atoms with Crippen LogP contribution in [-0.2, 0) is 9.59 Å². The molecule has 1 aliphatic heterocycles. The highest BCUT2D eigenvalue weighted by molar-refractivity contribution is 7.80. The average molecular weight is 256 g/mol. The second kappa shape index (κ2) is 5.12. The number of nitrogens with one attached hydrogen (secondary N) is 1. The van der Waals surface area contributed by atoms with E-state index >= 15 is 0 Å². The second-order valence-electron chi connectivity index (χ2n) is 4.99. The van der Waals surface area contributed by atoms with Crippen LogP contribution in [0.15, 0.2) is 0 Å². The van der Waals surface area contributed by atoms with Crippen molar-refractivity contribution < 1.29 is 9.59 Å². The van der Waals surface area contributed by atoms with Crippen LogP contribution in [0, 0.1) is 11.3 Å². The maximum Gasteiger partial charge on any atom is 0.244 e. The van der Waals surface area contributed by atoms with Crippen LogP contribution in [0.3, 0.4) is 0 Å². The number of nitrogens with zero attached hydrogens (tertiary/aromatic N) is 1. The number of hydrogen-bond donors (Lipinski definition) is 1. The first-order chi connectivity index (χ1) is 7.85. The molecular weight excluding hydrogens is 236 g/mol. The van der Waals surface area contributed by atoms with Crippen LogP contribution in [0.2, 0.25) is 0 Å². The van der Waals surface area contributed by atoms with E-state index < -0.39 is 5.41 Å². The Bertz CT molecular complexity index is 354. The van der Waals surface area contributed by atoms with Crippen LogP contribution in [0.25, 0.3) is 0 Å². The van der Waals surface area contributed by atoms with Crippen LogP contribution >= 0.6 is 12.2 Å². The highest BCUT2D eigenvalue weighted by Crippen LogP contribution is 2.34. The Morgan fingerprint density at radius 3 is 2.47 bits per heavy atom. The van der Waals surface area contributed by atoms with Crippen LogP contribution in [0.1, 0.15) is 40.0 Å². The maximum absolute atomic E-state index is 12.3. The number of amides is 2. The van der Waals surface area contributed by atoms with Gasteiger partial charge in [0.15, 0.2) is 5.11 Å². The zero-order valence-electron chi connectivity index (χ0n) is 10.9. The summed E-state index contributed by atoms with van der Waals surface area (Å²) < 4.78 is 0. The molecule has 1 unspecified atom stereocenters. The summed E-state index contributed by atoms with van der Waals surface area (Å²) in [5.41, 5.74) is -0.929. The first kappa shape index (κ1) is 14.1. The van der Waals surface area contributed by atoms with Crippen molar-refractivity contribution in [1.29, 1.82) is 0 Å². The number of carbonyl (C=O) groups excluding carboxylic acids is 2. The van der Waals surface area contributed by atoms with Crippen molar-refractivity contribution in [3.05, 3.63) is 0 Å². The molecule has 17 heavy (non-hydrogen) atoms. The van der Waals surface area contributed by atoms with Crippen LogP contribution < -0.4 is 5.32 Å². The highest BCUT2D eigenvalue weighted by Gasteiger charge is 2.49. The molecular formula is C12H20N2O2S. The van der Waals surface area contributed by atoms with Gasteiger partial charge in [-0.05, 0) is 37.4 Å². The molecule has 96 valence electrons. The van der Waals surface area contributed by atoms with E-state index in [9.17, 15) is 9.59 Å². The van der Waals surface area contributed by atoms with Gasteiger partial charge in [-0.3, -0.25) is 14.5 Å². The summed E-state index contributed by atoms with van der Waals surface area (Å²) in [5, 5.41) is 2.83. The lowest BCUT2D eigenvalue weighted by molar-refractivity contribution is -0.150. The standard InChI is InChI=1S/C12H20N2O2S/c1-5-12(7-6-8(2)3)9(15)13-11(17)14(4)10(12)16/h8H,5-7H2,1-4H3,(H,13,15,17). The van der Waals surface area contributed by atoms with Gasteiger partial charge in [0.25, 0.3) is 0 Å². The van der Waals surface area contributed by atoms with E-state index in [0.29, 0.717) is 18.8 Å². The molecule has 0 aromatic carbocycles. The lowest BCUT2D eigenvalue weighted by Gasteiger charge is -2.39. The summed E-state index contributed by atoms with van der Waals surface area (Å²) in [6, 6.07) is 0. The van der Waals surface area contributed by atoms with Gasteiger partial charge in [-0.15, -0.1) is 0 Å². The molecule has 4 nitrogen and oxygen atoms in total. The van der Waals surface area contributed by atoms with E-state index in [1.807, 2.05) is 6.92 Å². The van der Waals surface area contributed by atoms with Crippen molar-refractivity contribution in [2.24, 2.45) is 11.3 Å². The quantitative estimate of drug-likeness (QED) is 0.615. The minimum Gasteiger partial charge on any atom is -0.302 e. The molecule has 1 rings (SSSR count). The van der Waals surface area contributed by atoms with E-state index in [2.05, 4.69) is 19.2 Å². The third kappa shape index (κ3) is 2.49. The van der Waals surface area contributed by atoms with Crippen LogP contribution in [0.4, 0.5) is 0 Å². The summed E-state index contributed by atoms with van der Waals surface area (Å²) in [4.78, 5) is 25.7. The van der Waals surface area contributed by atoms with E-state index in [-0.39, 0.29) is 16.9 Å². The fraction of sp³-hybridized carbons (Fsp3) is 0.750. The SMILES string of the molecule is CCC1(CCC(C)C)C(=O)NC(=S)N(C)C1=O. The fourth-order valence-corrected chi connectivity index (χ4v) is 2.23. The third-order valence-corrected chi connectivity index (χ3v) is 3.80. The predicted octanol–water partition coefficient (Wildman–Crippen LogP) is 1.69. The summed E-state index contributed by atoms with van der Waals surface area (Å²) in [6.45, 7) is 6.05. The Hall–Kier alpha value is -0.970. The van der Waals surface area contributed by atoms with Gasteiger partial charge in [-0.25, -0.2) is 0 Å². The fourth-order valence-electron chi connectivity index (χ4n) is 2.06. The molecule has 0 saturated carbocycles. The van der Waals surface area contributed by atoms with Gasteiger partial charge in [0, 0.05) is 7.05 Å². The molecule has 0 radical (unpaired) electrons. The van der Waals surface area contributed by atoms with Crippen molar-refractivity contribution in [1.82, 2.24) is 10.2 Å². The Morgan fingerprint density at radius 1 is 1.41 bits per heavy atom. The van der Waals surface area contributed by atoms with E-state index in [1.165, 1.54) is 4.90 Å². The molecule has 1 aliphatic rings. The zero-order chi connectivity index (χ0) is 13.2. The Kier molecular flexibility index (Phi) is 4.25. The van der Waals surface area contributed by atoms with Gasteiger partial charge in [0.2, 0.25) is 11.8 Å². The summed E-state index contributed by atoms with van der Waals surface area (Å²) >= 11 is 4.94. The van der Waals surface area contributed by atoms with Gasteiger partial charge in [-0.2, -0.15) is 0 Å². The number of rotatable bonds is 4. The van der Waals surface area contributed by atoms with E-state index in [0.717, 1.165) is 6.42 Å². The molecule has 0 spiro atoms. The van der Waals surface area contributed by atoms with Crippen molar-refractivity contribution in [3.63, 3.8) is 0 Å². The molecule has 0 aromatic rings. The smallest absolute Gasteiger partial charge is 0.244 e. The van der Waals surface area contributed by atoms with Crippen LogP contribution in [0.5, 0.6) is 0 Å². The van der Waals surface area contributed by atoms with Gasteiger partial charge in [0.1, 0.15) is 5.41 Å². The van der Waals surface area contributed by atoms with Gasteiger partial charge >= 0.3 is 0 Å². The van der Waals surface area contributed by atoms with Gasteiger partial charge in [0.05, 0.1) is 0 Å². The molecule has 5 heteroatoms. The van der Waals surface area contributed by atoms with Gasteiger partial charge < -0.3 is 5.32 Å². The van der Waals surface area contributed by atoms with E-state index in [1.54, 1.807) is 7.05 Å². The number of thiocarbonyl (C=S) groups is 1. The molecule has 1 fully saturated rings. The normalized spacial score (nSPS) is 25.5. The molecule has 1 atom stereocenters. The molecule has 0 bridgehead atoms. The Morgan fingerprint density at radius 2 is 2.00 bits per heavy atom. The van der Waals surface area contributed by atoms with Crippen LogP contribution in [-0.4, -0.2) is 28.9 Å². The maximum atomic E-state index is 12.3. The predicted molar refractivity (Wildman–Crippen MR) is 70.3 cm³/mol. The number of carbonyl (C=O) groups is 2. The molecule has 0 aromatic heterocycles. The second-order valence-corrected chi connectivity index (χ2v) is 5.38. The Balaban J connectivity index is 2.98. The van der Waals surface area contributed by atoms with Crippen molar-refractivity contribution in [2.45, 2.75) is 40.0 Å². The van der Waals surface area contributed by atoms with E-state index in [4.69, 9.17) is 12.2 Å². The monoisotopic (exact) mass is 256 g/mol. The first-order valence-electron chi connectivity index (χ1n) is 5.98. The van der Waals surface area contributed by atoms with Crippen molar-refractivity contribution in [3.8, 4) is 0 Å². The highest BCUT2D eigenvalue weighted by atomic mass is 32.1. The first-order valence-corrected chi connectivity index (χ1v) is 6.39. The average Bonchev–Trinajstić information content (AvgIpc) is 2.27. The summed E-state index contributed by atoms with van der Waals surface area (Å²) in [6.07, 6.45) is 1.95.